The summed E-state index contributed by atoms with van der Waals surface area (Å²) in [4.78, 5) is 0.168. The molecule has 0 saturated carbocycles. The zero-order chi connectivity index (χ0) is 17.3. The summed E-state index contributed by atoms with van der Waals surface area (Å²) in [5, 5.41) is 0.329. The summed E-state index contributed by atoms with van der Waals surface area (Å²) in [6.45, 7) is 2.23. The highest BCUT2D eigenvalue weighted by Crippen LogP contribution is 2.37. The molecule has 1 aliphatic rings. The highest BCUT2D eigenvalue weighted by atomic mass is 35.5. The quantitative estimate of drug-likeness (QED) is 0.797. The first kappa shape index (κ1) is 17.1. The van der Waals surface area contributed by atoms with E-state index in [4.69, 9.17) is 22.1 Å². The van der Waals surface area contributed by atoms with Crippen molar-refractivity contribution >= 4 is 27.3 Å². The van der Waals surface area contributed by atoms with E-state index in [2.05, 4.69) is 4.72 Å². The van der Waals surface area contributed by atoms with Gasteiger partial charge in [0.1, 0.15) is 11.9 Å². The van der Waals surface area contributed by atoms with Crippen LogP contribution in [0, 0.1) is 0 Å². The Morgan fingerprint density at radius 1 is 1.29 bits per heavy atom. The van der Waals surface area contributed by atoms with Crippen LogP contribution in [0.3, 0.4) is 0 Å². The summed E-state index contributed by atoms with van der Waals surface area (Å²) in [6, 6.07) is 10.4. The highest BCUT2D eigenvalue weighted by molar-refractivity contribution is 7.89. The van der Waals surface area contributed by atoms with Crippen molar-refractivity contribution < 1.29 is 13.2 Å². The third-order valence-electron chi connectivity index (χ3n) is 3.92. The van der Waals surface area contributed by atoms with Gasteiger partial charge in [-0.1, -0.05) is 23.7 Å². The van der Waals surface area contributed by atoms with Crippen LogP contribution in [0.5, 0.6) is 5.75 Å². The molecular formula is C17H19ClN2O3S. The summed E-state index contributed by atoms with van der Waals surface area (Å²) < 4.78 is 33.2. The normalized spacial score (nSPS) is 16.7. The number of anilines is 1. The number of fused-ring (bicyclic) bond motifs is 1. The number of halogens is 1. The molecule has 3 rings (SSSR count). The Morgan fingerprint density at radius 3 is 2.71 bits per heavy atom. The lowest BCUT2D eigenvalue weighted by atomic mass is 10.1. The van der Waals surface area contributed by atoms with Gasteiger partial charge in [-0.2, -0.15) is 0 Å². The van der Waals surface area contributed by atoms with E-state index >= 15 is 0 Å². The van der Waals surface area contributed by atoms with Crippen molar-refractivity contribution in [3.05, 3.63) is 52.5 Å². The van der Waals surface area contributed by atoms with Crippen molar-refractivity contribution in [2.45, 2.75) is 30.8 Å². The Kier molecular flexibility index (Phi) is 4.71. The zero-order valence-corrected chi connectivity index (χ0v) is 14.8. The zero-order valence-electron chi connectivity index (χ0n) is 13.3. The summed E-state index contributed by atoms with van der Waals surface area (Å²) in [5.74, 6) is 0.588. The number of nitrogens with two attached hydrogens (primary N) is 1. The Bertz CT molecular complexity index is 851. The second kappa shape index (κ2) is 6.63. The van der Waals surface area contributed by atoms with E-state index in [9.17, 15) is 8.42 Å². The molecule has 24 heavy (non-hydrogen) atoms. The molecule has 2 aromatic carbocycles. The molecule has 1 atom stereocenters. The van der Waals surface area contributed by atoms with Gasteiger partial charge in [0.25, 0.3) is 0 Å². The van der Waals surface area contributed by atoms with Gasteiger partial charge in [0.2, 0.25) is 10.0 Å². The van der Waals surface area contributed by atoms with Gasteiger partial charge in [0.15, 0.2) is 0 Å². The minimum atomic E-state index is -3.61. The van der Waals surface area contributed by atoms with Crippen molar-refractivity contribution in [1.29, 1.82) is 0 Å². The van der Waals surface area contributed by atoms with E-state index in [1.54, 1.807) is 18.2 Å². The summed E-state index contributed by atoms with van der Waals surface area (Å²) in [6.07, 6.45) is 1.25. The van der Waals surface area contributed by atoms with E-state index in [-0.39, 0.29) is 11.0 Å². The smallest absolute Gasteiger partial charge is 0.240 e. The molecular weight excluding hydrogens is 348 g/mol. The lowest BCUT2D eigenvalue weighted by Crippen LogP contribution is -2.26. The largest absolute Gasteiger partial charge is 0.489 e. The van der Waals surface area contributed by atoms with Crippen molar-refractivity contribution in [2.24, 2.45) is 0 Å². The standard InChI is InChI=1S/C17H19ClN2O3S/c1-11-8-13-9-15(10-16(18)17(13)23-11)24(21,22)20-7-6-12-2-4-14(19)5-3-12/h2-5,9-11,20H,6-8,19H2,1H3. The van der Waals surface area contributed by atoms with Crippen LogP contribution in [0.2, 0.25) is 5.02 Å². The first-order valence-electron chi connectivity index (χ1n) is 7.68. The van der Waals surface area contributed by atoms with Crippen molar-refractivity contribution in [3.8, 4) is 5.75 Å². The SMILES string of the molecule is CC1Cc2cc(S(=O)(=O)NCCc3ccc(N)cc3)cc(Cl)c2O1. The van der Waals surface area contributed by atoms with Crippen LogP contribution >= 0.6 is 11.6 Å². The Balaban J connectivity index is 1.71. The van der Waals surface area contributed by atoms with E-state index in [0.29, 0.717) is 35.8 Å². The molecule has 1 unspecified atom stereocenters. The molecule has 0 aliphatic carbocycles. The molecule has 2 aromatic rings. The number of rotatable bonds is 5. The van der Waals surface area contributed by atoms with Crippen molar-refractivity contribution in [3.63, 3.8) is 0 Å². The van der Waals surface area contributed by atoms with E-state index in [1.807, 2.05) is 19.1 Å². The molecule has 0 spiro atoms. The van der Waals surface area contributed by atoms with E-state index < -0.39 is 10.0 Å². The number of ether oxygens (including phenoxy) is 1. The molecule has 0 fully saturated rings. The predicted octanol–water partition coefficient (Wildman–Crippen LogP) is 2.77. The molecule has 7 heteroatoms. The first-order chi connectivity index (χ1) is 11.3. The van der Waals surface area contributed by atoms with Gasteiger partial charge < -0.3 is 10.5 Å². The fraction of sp³-hybridized carbons (Fsp3) is 0.294. The van der Waals surface area contributed by atoms with Crippen LogP contribution in [0.25, 0.3) is 0 Å². The maximum Gasteiger partial charge on any atom is 0.240 e. The Hall–Kier alpha value is -1.76. The van der Waals surface area contributed by atoms with Gasteiger partial charge in [0, 0.05) is 24.2 Å². The summed E-state index contributed by atoms with van der Waals surface area (Å²) in [5.41, 5.74) is 8.16. The van der Waals surface area contributed by atoms with E-state index in [0.717, 1.165) is 11.1 Å². The maximum absolute atomic E-state index is 12.5. The van der Waals surface area contributed by atoms with Crippen molar-refractivity contribution in [1.82, 2.24) is 4.72 Å². The average Bonchev–Trinajstić information content (AvgIpc) is 2.90. The second-order valence-electron chi connectivity index (χ2n) is 5.92. The maximum atomic E-state index is 12.5. The first-order valence-corrected chi connectivity index (χ1v) is 9.54. The lowest BCUT2D eigenvalue weighted by Gasteiger charge is -2.10. The molecule has 0 bridgehead atoms. The van der Waals surface area contributed by atoms with Crippen LogP contribution in [0.1, 0.15) is 18.1 Å². The van der Waals surface area contributed by atoms with Gasteiger partial charge >= 0.3 is 0 Å². The molecule has 0 amide bonds. The van der Waals surface area contributed by atoms with Crippen LogP contribution in [-0.4, -0.2) is 21.1 Å². The van der Waals surface area contributed by atoms with Gasteiger partial charge in [-0.15, -0.1) is 0 Å². The van der Waals surface area contributed by atoms with Crippen molar-refractivity contribution in [2.75, 3.05) is 12.3 Å². The number of nitrogens with one attached hydrogen (secondary N) is 1. The topological polar surface area (TPSA) is 81.4 Å². The molecule has 0 aromatic heterocycles. The minimum Gasteiger partial charge on any atom is -0.489 e. The summed E-state index contributed by atoms with van der Waals surface area (Å²) >= 11 is 6.16. The fourth-order valence-electron chi connectivity index (χ4n) is 2.71. The fourth-order valence-corrected chi connectivity index (χ4v) is 4.17. The second-order valence-corrected chi connectivity index (χ2v) is 8.09. The number of sulfonamides is 1. The molecule has 0 radical (unpaired) electrons. The van der Waals surface area contributed by atoms with Crippen LogP contribution < -0.4 is 15.2 Å². The third-order valence-corrected chi connectivity index (χ3v) is 5.64. The molecule has 0 saturated heterocycles. The molecule has 1 heterocycles. The van der Waals surface area contributed by atoms with Crippen LogP contribution in [-0.2, 0) is 22.9 Å². The molecule has 5 nitrogen and oxygen atoms in total. The highest BCUT2D eigenvalue weighted by Gasteiger charge is 2.25. The number of benzene rings is 2. The lowest BCUT2D eigenvalue weighted by molar-refractivity contribution is 0.255. The monoisotopic (exact) mass is 366 g/mol. The average molecular weight is 367 g/mol. The number of hydrogen-bond donors (Lipinski definition) is 2. The van der Waals surface area contributed by atoms with E-state index in [1.165, 1.54) is 6.07 Å². The predicted molar refractivity (Wildman–Crippen MR) is 95.0 cm³/mol. The third kappa shape index (κ3) is 3.66. The van der Waals surface area contributed by atoms with Gasteiger partial charge in [-0.3, -0.25) is 0 Å². The number of hydrogen-bond acceptors (Lipinski definition) is 4. The van der Waals surface area contributed by atoms with Gasteiger partial charge in [-0.05, 0) is 43.2 Å². The van der Waals surface area contributed by atoms with Crippen LogP contribution in [0.4, 0.5) is 5.69 Å². The summed E-state index contributed by atoms with van der Waals surface area (Å²) in [7, 11) is -3.61. The molecule has 1 aliphatic heterocycles. The van der Waals surface area contributed by atoms with Gasteiger partial charge in [-0.25, -0.2) is 13.1 Å². The Labute approximate surface area is 146 Å². The minimum absolute atomic E-state index is 0.00827. The molecule has 128 valence electrons. The number of nitrogen functional groups attached to an aromatic ring is 1. The van der Waals surface area contributed by atoms with Gasteiger partial charge in [0.05, 0.1) is 9.92 Å². The molecule has 3 N–H and O–H groups in total. The Morgan fingerprint density at radius 2 is 2.00 bits per heavy atom. The van der Waals surface area contributed by atoms with Crippen LogP contribution in [0.15, 0.2) is 41.3 Å².